The number of hydrogen-bond donors (Lipinski definition) is 2. The third kappa shape index (κ3) is 3.69. The van der Waals surface area contributed by atoms with E-state index in [9.17, 15) is 8.42 Å². The van der Waals surface area contributed by atoms with Crippen LogP contribution in [0.1, 0.15) is 32.1 Å². The summed E-state index contributed by atoms with van der Waals surface area (Å²) in [5.74, 6) is 0.0972. The maximum atomic E-state index is 12.0. The molecule has 5 nitrogen and oxygen atoms in total. The highest BCUT2D eigenvalue weighted by molar-refractivity contribution is 7.89. The molecule has 1 aliphatic carbocycles. The summed E-state index contributed by atoms with van der Waals surface area (Å²) in [6.45, 7) is 0.493. The van der Waals surface area contributed by atoms with Gasteiger partial charge >= 0.3 is 0 Å². The van der Waals surface area contributed by atoms with Crippen LogP contribution in [0, 0.1) is 0 Å². The number of hydrogen-bond acceptors (Lipinski definition) is 4. The molecule has 0 aromatic heterocycles. The van der Waals surface area contributed by atoms with Crippen molar-refractivity contribution in [1.82, 2.24) is 4.31 Å². The van der Waals surface area contributed by atoms with Gasteiger partial charge in [-0.2, -0.15) is 4.31 Å². The zero-order chi connectivity index (χ0) is 12.0. The van der Waals surface area contributed by atoms with Crippen LogP contribution in [0.15, 0.2) is 0 Å². The molecule has 0 radical (unpaired) electrons. The van der Waals surface area contributed by atoms with E-state index in [1.54, 1.807) is 0 Å². The highest BCUT2D eigenvalue weighted by atomic mass is 32.2. The van der Waals surface area contributed by atoms with Gasteiger partial charge in [0.25, 0.3) is 0 Å². The van der Waals surface area contributed by atoms with Crippen LogP contribution < -0.4 is 5.73 Å². The molecule has 0 heterocycles. The Labute approximate surface area is 97.7 Å². The lowest BCUT2D eigenvalue weighted by Gasteiger charge is -2.27. The van der Waals surface area contributed by atoms with Gasteiger partial charge in [-0.05, 0) is 25.8 Å². The van der Waals surface area contributed by atoms with Crippen molar-refractivity contribution in [3.8, 4) is 0 Å². The maximum Gasteiger partial charge on any atom is 0.214 e. The second-order valence-electron chi connectivity index (χ2n) is 4.23. The first-order valence-electron chi connectivity index (χ1n) is 5.92. The topological polar surface area (TPSA) is 83.6 Å². The van der Waals surface area contributed by atoms with E-state index < -0.39 is 10.0 Å². The SMILES string of the molecule is NCCCS(=O)(=O)N(CCO)C1CCCC1. The second-order valence-corrected chi connectivity index (χ2v) is 6.27. The largest absolute Gasteiger partial charge is 0.395 e. The zero-order valence-electron chi connectivity index (χ0n) is 9.64. The molecule has 0 amide bonds. The van der Waals surface area contributed by atoms with Crippen LogP contribution in [-0.4, -0.2) is 49.3 Å². The third-order valence-corrected chi connectivity index (χ3v) is 5.02. The Morgan fingerprint density at radius 2 is 1.94 bits per heavy atom. The number of aliphatic hydroxyl groups is 1. The summed E-state index contributed by atoms with van der Waals surface area (Å²) in [5.41, 5.74) is 5.33. The monoisotopic (exact) mass is 250 g/mol. The summed E-state index contributed by atoms with van der Waals surface area (Å²) in [4.78, 5) is 0. The minimum absolute atomic E-state index is 0.0925. The van der Waals surface area contributed by atoms with Gasteiger partial charge in [0.1, 0.15) is 0 Å². The number of nitrogens with zero attached hydrogens (tertiary/aromatic N) is 1. The van der Waals surface area contributed by atoms with Gasteiger partial charge in [-0.3, -0.25) is 0 Å². The van der Waals surface area contributed by atoms with E-state index >= 15 is 0 Å². The molecule has 16 heavy (non-hydrogen) atoms. The van der Waals surface area contributed by atoms with E-state index in [-0.39, 0.29) is 24.9 Å². The van der Waals surface area contributed by atoms with Crippen LogP contribution in [-0.2, 0) is 10.0 Å². The summed E-state index contributed by atoms with van der Waals surface area (Å²) in [6, 6.07) is 0.0925. The van der Waals surface area contributed by atoms with Gasteiger partial charge in [0.15, 0.2) is 0 Å². The molecule has 0 aromatic rings. The van der Waals surface area contributed by atoms with E-state index in [1.807, 2.05) is 0 Å². The van der Waals surface area contributed by atoms with Gasteiger partial charge in [-0.15, -0.1) is 0 Å². The first-order chi connectivity index (χ1) is 7.61. The van der Waals surface area contributed by atoms with Crippen LogP contribution in [0.5, 0.6) is 0 Å². The van der Waals surface area contributed by atoms with E-state index in [0.29, 0.717) is 13.0 Å². The van der Waals surface area contributed by atoms with Crippen molar-refractivity contribution in [3.63, 3.8) is 0 Å². The molecular weight excluding hydrogens is 228 g/mol. The van der Waals surface area contributed by atoms with E-state index in [4.69, 9.17) is 10.8 Å². The number of rotatable bonds is 7. The van der Waals surface area contributed by atoms with Gasteiger partial charge in [-0.1, -0.05) is 12.8 Å². The average molecular weight is 250 g/mol. The fourth-order valence-electron chi connectivity index (χ4n) is 2.22. The molecule has 0 aliphatic heterocycles. The normalized spacial score (nSPS) is 18.4. The lowest BCUT2D eigenvalue weighted by Crippen LogP contribution is -2.42. The Kier molecular flexibility index (Phi) is 5.68. The molecule has 96 valence electrons. The smallest absolute Gasteiger partial charge is 0.214 e. The van der Waals surface area contributed by atoms with Crippen molar-refractivity contribution < 1.29 is 13.5 Å². The standard InChI is InChI=1S/C10H22N2O3S/c11-6-3-9-16(14,15)12(7-8-13)10-4-1-2-5-10/h10,13H,1-9,11H2. The average Bonchev–Trinajstić information content (AvgIpc) is 2.76. The van der Waals surface area contributed by atoms with Crippen molar-refractivity contribution in [2.45, 2.75) is 38.1 Å². The molecular formula is C10H22N2O3S. The lowest BCUT2D eigenvalue weighted by molar-refractivity contribution is 0.226. The molecule has 0 saturated heterocycles. The Balaban J connectivity index is 2.67. The fourth-order valence-corrected chi connectivity index (χ4v) is 4.01. The van der Waals surface area contributed by atoms with Crippen molar-refractivity contribution in [1.29, 1.82) is 0 Å². The van der Waals surface area contributed by atoms with E-state index in [2.05, 4.69) is 0 Å². The Hall–Kier alpha value is -0.170. The molecule has 0 atom stereocenters. The van der Waals surface area contributed by atoms with E-state index in [0.717, 1.165) is 25.7 Å². The number of sulfonamides is 1. The van der Waals surface area contributed by atoms with Gasteiger partial charge in [0.05, 0.1) is 12.4 Å². The van der Waals surface area contributed by atoms with Crippen molar-refractivity contribution in [2.75, 3.05) is 25.4 Å². The molecule has 0 bridgehead atoms. The first kappa shape index (κ1) is 13.9. The molecule has 0 unspecified atom stereocenters. The molecule has 1 saturated carbocycles. The quantitative estimate of drug-likeness (QED) is 0.661. The van der Waals surface area contributed by atoms with Crippen molar-refractivity contribution in [3.05, 3.63) is 0 Å². The second kappa shape index (κ2) is 6.54. The highest BCUT2D eigenvalue weighted by Gasteiger charge is 2.30. The lowest BCUT2D eigenvalue weighted by atomic mass is 10.2. The van der Waals surface area contributed by atoms with Gasteiger partial charge in [-0.25, -0.2) is 8.42 Å². The van der Waals surface area contributed by atoms with Crippen LogP contribution >= 0.6 is 0 Å². The van der Waals surface area contributed by atoms with Gasteiger partial charge < -0.3 is 10.8 Å². The molecule has 6 heteroatoms. The molecule has 1 rings (SSSR count). The third-order valence-electron chi connectivity index (χ3n) is 3.02. The Bertz CT molecular complexity index is 286. The maximum absolute atomic E-state index is 12.0. The zero-order valence-corrected chi connectivity index (χ0v) is 10.5. The fraction of sp³-hybridized carbons (Fsp3) is 1.00. The van der Waals surface area contributed by atoms with Crippen LogP contribution in [0.3, 0.4) is 0 Å². The first-order valence-corrected chi connectivity index (χ1v) is 7.53. The molecule has 0 aromatic carbocycles. The van der Waals surface area contributed by atoms with Gasteiger partial charge in [0.2, 0.25) is 10.0 Å². The van der Waals surface area contributed by atoms with Gasteiger partial charge in [0, 0.05) is 12.6 Å². The van der Waals surface area contributed by atoms with Crippen LogP contribution in [0.25, 0.3) is 0 Å². The summed E-state index contributed by atoms with van der Waals surface area (Å²) in [7, 11) is -3.24. The molecule has 0 spiro atoms. The molecule has 1 aliphatic rings. The number of nitrogens with two attached hydrogens (primary N) is 1. The highest BCUT2D eigenvalue weighted by Crippen LogP contribution is 2.25. The predicted molar refractivity (Wildman–Crippen MR) is 63.5 cm³/mol. The predicted octanol–water partition coefficient (Wildman–Crippen LogP) is -0.0981. The summed E-state index contributed by atoms with van der Waals surface area (Å²) in [5, 5.41) is 8.95. The van der Waals surface area contributed by atoms with Crippen molar-refractivity contribution >= 4 is 10.0 Å². The van der Waals surface area contributed by atoms with Crippen LogP contribution in [0.4, 0.5) is 0 Å². The Morgan fingerprint density at radius 1 is 1.31 bits per heavy atom. The summed E-state index contributed by atoms with van der Waals surface area (Å²) < 4.78 is 25.5. The molecule has 3 N–H and O–H groups in total. The summed E-state index contributed by atoms with van der Waals surface area (Å²) >= 11 is 0. The van der Waals surface area contributed by atoms with Crippen molar-refractivity contribution in [2.24, 2.45) is 5.73 Å². The summed E-state index contributed by atoms with van der Waals surface area (Å²) in [6.07, 6.45) is 4.48. The minimum atomic E-state index is -3.24. The van der Waals surface area contributed by atoms with Crippen LogP contribution in [0.2, 0.25) is 0 Å². The number of aliphatic hydroxyl groups excluding tert-OH is 1. The van der Waals surface area contributed by atoms with E-state index in [1.165, 1.54) is 4.31 Å². The molecule has 1 fully saturated rings. The minimum Gasteiger partial charge on any atom is -0.395 e. The Morgan fingerprint density at radius 3 is 2.44 bits per heavy atom.